The standard InChI is InChI=1S/C24H32F2N6/c1-3-19(13-25)30-31-20-14-28-22(29-15-20)16-32(21-7-5-4-6-8-21)24-18(11-12-27)10-9-17(2)23(24)26/h9-10,14-15,19,21,30-31H,3-8,11,13,16H2,1-2H3. The summed E-state index contributed by atoms with van der Waals surface area (Å²) in [4.78, 5) is 11.0. The van der Waals surface area contributed by atoms with Gasteiger partial charge in [-0.3, -0.25) is 0 Å². The molecule has 32 heavy (non-hydrogen) atoms. The van der Waals surface area contributed by atoms with Crippen LogP contribution in [0.5, 0.6) is 0 Å². The third kappa shape index (κ3) is 5.92. The minimum Gasteiger partial charge on any atom is -0.358 e. The molecule has 0 spiro atoms. The lowest BCUT2D eigenvalue weighted by atomic mass is 9.92. The van der Waals surface area contributed by atoms with Crippen LogP contribution < -0.4 is 15.8 Å². The molecule has 1 aliphatic rings. The fourth-order valence-electron chi connectivity index (χ4n) is 4.12. The van der Waals surface area contributed by atoms with Gasteiger partial charge in [-0.15, -0.1) is 0 Å². The molecule has 3 rings (SSSR count). The summed E-state index contributed by atoms with van der Waals surface area (Å²) >= 11 is 0. The van der Waals surface area contributed by atoms with Crippen molar-refractivity contribution in [2.24, 2.45) is 0 Å². The monoisotopic (exact) mass is 442 g/mol. The molecule has 1 saturated carbocycles. The van der Waals surface area contributed by atoms with E-state index in [0.29, 0.717) is 41.3 Å². The van der Waals surface area contributed by atoms with E-state index in [1.54, 1.807) is 25.4 Å². The van der Waals surface area contributed by atoms with Crippen LogP contribution in [0.4, 0.5) is 20.2 Å². The molecule has 0 aliphatic heterocycles. The predicted molar refractivity (Wildman–Crippen MR) is 122 cm³/mol. The number of hydrogen-bond acceptors (Lipinski definition) is 6. The van der Waals surface area contributed by atoms with E-state index in [0.717, 1.165) is 25.7 Å². The lowest BCUT2D eigenvalue weighted by Crippen LogP contribution is -2.38. The molecule has 2 aromatic rings. The third-order valence-corrected chi connectivity index (χ3v) is 6.08. The number of alkyl halides is 1. The van der Waals surface area contributed by atoms with Crippen LogP contribution in [0.1, 0.15) is 62.4 Å². The van der Waals surface area contributed by atoms with E-state index in [4.69, 9.17) is 0 Å². The van der Waals surface area contributed by atoms with Gasteiger partial charge in [-0.25, -0.2) is 24.2 Å². The van der Waals surface area contributed by atoms with Crippen molar-refractivity contribution < 1.29 is 8.78 Å². The zero-order valence-corrected chi connectivity index (χ0v) is 18.9. The summed E-state index contributed by atoms with van der Waals surface area (Å²) in [6.45, 7) is 3.55. The molecule has 0 saturated heterocycles. The van der Waals surface area contributed by atoms with Gasteiger partial charge in [-0.2, -0.15) is 5.26 Å². The highest BCUT2D eigenvalue weighted by atomic mass is 19.1. The van der Waals surface area contributed by atoms with Crippen LogP contribution in [0.2, 0.25) is 0 Å². The number of rotatable bonds is 10. The molecule has 1 fully saturated rings. The van der Waals surface area contributed by atoms with Crippen molar-refractivity contribution >= 4 is 11.4 Å². The Balaban J connectivity index is 1.85. The van der Waals surface area contributed by atoms with Crippen molar-refractivity contribution in [2.75, 3.05) is 17.0 Å². The van der Waals surface area contributed by atoms with Crippen LogP contribution in [-0.4, -0.2) is 28.7 Å². The maximum absolute atomic E-state index is 15.4. The van der Waals surface area contributed by atoms with Crippen LogP contribution in [0.3, 0.4) is 0 Å². The normalized spacial score (nSPS) is 15.2. The first-order valence-electron chi connectivity index (χ1n) is 11.4. The summed E-state index contributed by atoms with van der Waals surface area (Å²) in [7, 11) is 0. The molecule has 172 valence electrons. The van der Waals surface area contributed by atoms with Gasteiger partial charge < -0.3 is 10.3 Å². The van der Waals surface area contributed by atoms with Gasteiger partial charge in [-0.05, 0) is 37.3 Å². The quantitative estimate of drug-likeness (QED) is 0.505. The Morgan fingerprint density at radius 3 is 2.56 bits per heavy atom. The molecule has 1 aromatic carbocycles. The molecular weight excluding hydrogens is 410 g/mol. The second-order valence-corrected chi connectivity index (χ2v) is 8.38. The zero-order chi connectivity index (χ0) is 22.9. The number of aryl methyl sites for hydroxylation is 1. The van der Waals surface area contributed by atoms with Crippen molar-refractivity contribution in [3.63, 3.8) is 0 Å². The van der Waals surface area contributed by atoms with Gasteiger partial charge in [0.05, 0.1) is 48.8 Å². The Bertz CT molecular complexity index is 902. The van der Waals surface area contributed by atoms with E-state index >= 15 is 4.39 Å². The van der Waals surface area contributed by atoms with Crippen molar-refractivity contribution in [1.29, 1.82) is 5.26 Å². The average molecular weight is 443 g/mol. The second kappa shape index (κ2) is 11.7. The minimum absolute atomic E-state index is 0.151. The number of benzene rings is 1. The highest BCUT2D eigenvalue weighted by molar-refractivity contribution is 5.58. The summed E-state index contributed by atoms with van der Waals surface area (Å²) < 4.78 is 28.2. The van der Waals surface area contributed by atoms with Crippen LogP contribution >= 0.6 is 0 Å². The number of anilines is 2. The van der Waals surface area contributed by atoms with E-state index < -0.39 is 6.67 Å². The largest absolute Gasteiger partial charge is 0.358 e. The van der Waals surface area contributed by atoms with Gasteiger partial charge in [0.1, 0.15) is 18.3 Å². The number of nitriles is 1. The molecule has 0 radical (unpaired) electrons. The average Bonchev–Trinajstić information content (AvgIpc) is 2.83. The first kappa shape index (κ1) is 23.9. The summed E-state index contributed by atoms with van der Waals surface area (Å²) in [5, 5.41) is 9.29. The summed E-state index contributed by atoms with van der Waals surface area (Å²) in [6.07, 6.45) is 9.44. The number of aromatic nitrogens is 2. The second-order valence-electron chi connectivity index (χ2n) is 8.38. The Morgan fingerprint density at radius 2 is 1.94 bits per heavy atom. The van der Waals surface area contributed by atoms with Crippen molar-refractivity contribution in [1.82, 2.24) is 15.4 Å². The van der Waals surface area contributed by atoms with E-state index in [1.807, 2.05) is 13.0 Å². The maximum atomic E-state index is 15.4. The Kier molecular flexibility index (Phi) is 8.74. The molecule has 1 atom stereocenters. The summed E-state index contributed by atoms with van der Waals surface area (Å²) in [5.74, 6) is 0.296. The summed E-state index contributed by atoms with van der Waals surface area (Å²) in [6, 6.07) is 5.64. The zero-order valence-electron chi connectivity index (χ0n) is 18.9. The molecule has 0 amide bonds. The number of nitrogens with zero attached hydrogens (tertiary/aromatic N) is 4. The van der Waals surface area contributed by atoms with E-state index in [1.165, 1.54) is 6.42 Å². The molecule has 8 heteroatoms. The van der Waals surface area contributed by atoms with Gasteiger partial charge in [-0.1, -0.05) is 38.3 Å². The highest BCUT2D eigenvalue weighted by Gasteiger charge is 2.27. The smallest absolute Gasteiger partial charge is 0.149 e. The van der Waals surface area contributed by atoms with Crippen molar-refractivity contribution in [3.05, 3.63) is 47.3 Å². The first-order chi connectivity index (χ1) is 15.6. The molecule has 1 aromatic heterocycles. The van der Waals surface area contributed by atoms with E-state index in [-0.39, 0.29) is 24.3 Å². The molecule has 6 nitrogen and oxygen atoms in total. The number of halogens is 2. The van der Waals surface area contributed by atoms with Gasteiger partial charge in [0.2, 0.25) is 0 Å². The fourth-order valence-corrected chi connectivity index (χ4v) is 4.12. The molecular formula is C24H32F2N6. The maximum Gasteiger partial charge on any atom is 0.149 e. The van der Waals surface area contributed by atoms with Gasteiger partial charge in [0, 0.05) is 6.04 Å². The van der Waals surface area contributed by atoms with Gasteiger partial charge in [0.25, 0.3) is 0 Å². The van der Waals surface area contributed by atoms with E-state index in [2.05, 4.69) is 31.8 Å². The number of hydrogen-bond donors (Lipinski definition) is 2. The van der Waals surface area contributed by atoms with Gasteiger partial charge >= 0.3 is 0 Å². The van der Waals surface area contributed by atoms with Crippen LogP contribution in [0, 0.1) is 24.1 Å². The lowest BCUT2D eigenvalue weighted by Gasteiger charge is -2.37. The highest BCUT2D eigenvalue weighted by Crippen LogP contribution is 2.34. The molecule has 1 aliphatic carbocycles. The number of nitrogens with one attached hydrogen (secondary N) is 2. The van der Waals surface area contributed by atoms with Crippen LogP contribution in [0.15, 0.2) is 24.5 Å². The SMILES string of the molecule is CCC(CF)NNc1cnc(CN(c2c(CC#N)ccc(C)c2F)C2CCCCC2)nc1. The number of hydrazine groups is 1. The van der Waals surface area contributed by atoms with Crippen LogP contribution in [0.25, 0.3) is 0 Å². The molecule has 1 heterocycles. The molecule has 1 unspecified atom stereocenters. The topological polar surface area (TPSA) is 76.9 Å². The Hall–Kier alpha value is -2.79. The van der Waals surface area contributed by atoms with E-state index in [9.17, 15) is 9.65 Å². The van der Waals surface area contributed by atoms with Gasteiger partial charge in [0.15, 0.2) is 0 Å². The van der Waals surface area contributed by atoms with Crippen molar-refractivity contribution in [3.8, 4) is 6.07 Å². The molecule has 0 bridgehead atoms. The lowest BCUT2D eigenvalue weighted by molar-refractivity contribution is 0.382. The summed E-state index contributed by atoms with van der Waals surface area (Å²) in [5.41, 5.74) is 8.25. The minimum atomic E-state index is -0.466. The molecule has 2 N–H and O–H groups in total. The first-order valence-corrected chi connectivity index (χ1v) is 11.4. The van der Waals surface area contributed by atoms with Crippen molar-refractivity contribution in [2.45, 2.75) is 77.4 Å². The third-order valence-electron chi connectivity index (χ3n) is 6.08. The Morgan fingerprint density at radius 1 is 1.22 bits per heavy atom. The van der Waals surface area contributed by atoms with Crippen LogP contribution in [-0.2, 0) is 13.0 Å². The Labute approximate surface area is 189 Å². The fraction of sp³-hybridized carbons (Fsp3) is 0.542. The predicted octanol–water partition coefficient (Wildman–Crippen LogP) is 4.99.